The van der Waals surface area contributed by atoms with Crippen molar-refractivity contribution in [2.75, 3.05) is 23.1 Å². The van der Waals surface area contributed by atoms with Gasteiger partial charge in [0.1, 0.15) is 11.1 Å². The van der Waals surface area contributed by atoms with Gasteiger partial charge in [-0.25, -0.2) is 0 Å². The number of carbonyl (C=O) groups is 2. The zero-order chi connectivity index (χ0) is 18.0. The summed E-state index contributed by atoms with van der Waals surface area (Å²) in [7, 11) is 1.63. The molecule has 1 aliphatic rings. The van der Waals surface area contributed by atoms with Gasteiger partial charge in [0.2, 0.25) is 11.8 Å². The fraction of sp³-hybridized carbons (Fsp3) is 0.222. The highest BCUT2D eigenvalue weighted by Crippen LogP contribution is 2.45. The fourth-order valence-electron chi connectivity index (χ4n) is 2.74. The second kappa shape index (κ2) is 7.49. The lowest BCUT2D eigenvalue weighted by atomic mass is 10.1. The van der Waals surface area contributed by atoms with Gasteiger partial charge in [-0.15, -0.1) is 11.8 Å². The van der Waals surface area contributed by atoms with Crippen molar-refractivity contribution in [1.82, 2.24) is 0 Å². The van der Waals surface area contributed by atoms with E-state index in [-0.39, 0.29) is 17.2 Å². The van der Waals surface area contributed by atoms with Gasteiger partial charge in [0.05, 0.1) is 12.9 Å². The molecule has 3 rings (SSSR count). The number of ether oxygens (including phenoxy) is 1. The van der Waals surface area contributed by atoms with Crippen LogP contribution in [-0.2, 0) is 9.59 Å². The zero-order valence-electron chi connectivity index (χ0n) is 13.8. The molecule has 0 spiro atoms. The van der Waals surface area contributed by atoms with Crippen molar-refractivity contribution in [3.05, 3.63) is 52.5 Å². The minimum atomic E-state index is -0.161. The number of halogens is 1. The topological polar surface area (TPSA) is 58.6 Å². The van der Waals surface area contributed by atoms with Crippen molar-refractivity contribution in [2.45, 2.75) is 12.3 Å². The molecule has 1 saturated heterocycles. The van der Waals surface area contributed by atoms with Crippen LogP contribution in [0.25, 0.3) is 0 Å². The number of amides is 2. The van der Waals surface area contributed by atoms with Gasteiger partial charge in [0.25, 0.3) is 0 Å². The molecule has 1 aliphatic heterocycles. The molecule has 1 unspecified atom stereocenters. The molecule has 0 radical (unpaired) electrons. The van der Waals surface area contributed by atoms with Crippen molar-refractivity contribution < 1.29 is 14.3 Å². The van der Waals surface area contributed by atoms with Crippen molar-refractivity contribution in [1.29, 1.82) is 0 Å². The number of hydrogen-bond donors (Lipinski definition) is 1. The van der Waals surface area contributed by atoms with E-state index in [0.29, 0.717) is 11.4 Å². The van der Waals surface area contributed by atoms with Gasteiger partial charge in [-0.2, -0.15) is 0 Å². The molecule has 1 atom stereocenters. The van der Waals surface area contributed by atoms with Gasteiger partial charge in [-0.3, -0.25) is 14.5 Å². The van der Waals surface area contributed by atoms with E-state index in [4.69, 9.17) is 4.74 Å². The van der Waals surface area contributed by atoms with E-state index in [1.807, 2.05) is 30.3 Å². The van der Waals surface area contributed by atoms with Crippen LogP contribution >= 0.6 is 27.7 Å². The molecule has 2 aromatic carbocycles. The second-order valence-electron chi connectivity index (χ2n) is 5.54. The largest absolute Gasteiger partial charge is 0.496 e. The van der Waals surface area contributed by atoms with Crippen LogP contribution in [0.1, 0.15) is 17.9 Å². The Hall–Kier alpha value is -1.99. The summed E-state index contributed by atoms with van der Waals surface area (Å²) in [6.45, 7) is 1.46. The molecule has 0 aliphatic carbocycles. The van der Waals surface area contributed by atoms with Crippen molar-refractivity contribution in [3.63, 3.8) is 0 Å². The number of rotatable bonds is 4. The zero-order valence-corrected chi connectivity index (χ0v) is 16.2. The van der Waals surface area contributed by atoms with Gasteiger partial charge >= 0.3 is 0 Å². The maximum atomic E-state index is 12.5. The lowest BCUT2D eigenvalue weighted by Crippen LogP contribution is -2.28. The Morgan fingerprint density at radius 1 is 1.28 bits per heavy atom. The molecular weight excluding hydrogens is 404 g/mol. The van der Waals surface area contributed by atoms with E-state index in [2.05, 4.69) is 21.2 Å². The Kier molecular flexibility index (Phi) is 5.34. The molecule has 1 fully saturated rings. The van der Waals surface area contributed by atoms with Crippen LogP contribution in [-0.4, -0.2) is 24.7 Å². The van der Waals surface area contributed by atoms with E-state index in [0.717, 1.165) is 21.5 Å². The van der Waals surface area contributed by atoms with Gasteiger partial charge in [0, 0.05) is 28.3 Å². The molecule has 2 amide bonds. The average Bonchev–Trinajstić information content (AvgIpc) is 2.96. The molecule has 5 nitrogen and oxygen atoms in total. The first-order valence-corrected chi connectivity index (χ1v) is 9.48. The lowest BCUT2D eigenvalue weighted by Gasteiger charge is -2.26. The van der Waals surface area contributed by atoms with E-state index in [1.54, 1.807) is 35.9 Å². The van der Waals surface area contributed by atoms with Crippen molar-refractivity contribution >= 4 is 50.9 Å². The van der Waals surface area contributed by atoms with Crippen molar-refractivity contribution in [3.8, 4) is 5.75 Å². The number of methoxy groups -OCH3 is 1. The average molecular weight is 421 g/mol. The highest BCUT2D eigenvalue weighted by molar-refractivity contribution is 9.10. The minimum absolute atomic E-state index is 0.0457. The Morgan fingerprint density at radius 2 is 2.00 bits per heavy atom. The SMILES string of the molecule is COc1ccc(Br)cc1C1SCC(=O)N1c1ccc(NC(C)=O)cc1. The number of hydrogen-bond acceptors (Lipinski definition) is 4. The second-order valence-corrected chi connectivity index (χ2v) is 7.53. The molecular formula is C18H17BrN2O3S. The first-order valence-electron chi connectivity index (χ1n) is 7.64. The number of benzene rings is 2. The molecule has 2 aromatic rings. The highest BCUT2D eigenvalue weighted by atomic mass is 79.9. The predicted molar refractivity (Wildman–Crippen MR) is 104 cm³/mol. The van der Waals surface area contributed by atoms with Crippen LogP contribution in [0.2, 0.25) is 0 Å². The summed E-state index contributed by atoms with van der Waals surface area (Å²) in [5, 5.41) is 2.57. The van der Waals surface area contributed by atoms with Crippen LogP contribution in [0.4, 0.5) is 11.4 Å². The quantitative estimate of drug-likeness (QED) is 0.804. The summed E-state index contributed by atoms with van der Waals surface area (Å²) in [5.41, 5.74) is 2.43. The lowest BCUT2D eigenvalue weighted by molar-refractivity contribution is -0.116. The summed E-state index contributed by atoms with van der Waals surface area (Å²) < 4.78 is 6.41. The maximum absolute atomic E-state index is 12.5. The summed E-state index contributed by atoms with van der Waals surface area (Å²) in [6, 6.07) is 13.0. The molecule has 0 aromatic heterocycles. The third-order valence-corrected chi connectivity index (χ3v) is 5.48. The van der Waals surface area contributed by atoms with Crippen LogP contribution in [0, 0.1) is 0 Å². The number of nitrogens with zero attached hydrogens (tertiary/aromatic N) is 1. The Morgan fingerprint density at radius 3 is 2.64 bits per heavy atom. The molecule has 25 heavy (non-hydrogen) atoms. The Labute approximate surface area is 158 Å². The van der Waals surface area contributed by atoms with E-state index in [1.165, 1.54) is 6.92 Å². The van der Waals surface area contributed by atoms with E-state index < -0.39 is 0 Å². The first kappa shape index (κ1) is 17.8. The minimum Gasteiger partial charge on any atom is -0.496 e. The molecule has 130 valence electrons. The van der Waals surface area contributed by atoms with Gasteiger partial charge < -0.3 is 10.1 Å². The summed E-state index contributed by atoms with van der Waals surface area (Å²) >= 11 is 5.05. The maximum Gasteiger partial charge on any atom is 0.238 e. The summed E-state index contributed by atoms with van der Waals surface area (Å²) in [4.78, 5) is 25.4. The summed E-state index contributed by atoms with van der Waals surface area (Å²) in [5.74, 6) is 1.07. The standard InChI is InChI=1S/C18H17BrN2O3S/c1-11(22)20-13-4-6-14(7-5-13)21-17(23)10-25-18(21)15-9-12(19)3-8-16(15)24-2/h3-9,18H,10H2,1-2H3,(H,20,22). The fourth-order valence-corrected chi connectivity index (χ4v) is 4.31. The van der Waals surface area contributed by atoms with Crippen LogP contribution in [0.15, 0.2) is 46.9 Å². The molecule has 0 saturated carbocycles. The van der Waals surface area contributed by atoms with Gasteiger partial charge in [-0.05, 0) is 42.5 Å². The number of carbonyl (C=O) groups excluding carboxylic acids is 2. The first-order chi connectivity index (χ1) is 12.0. The van der Waals surface area contributed by atoms with Gasteiger partial charge in [0.15, 0.2) is 0 Å². The highest BCUT2D eigenvalue weighted by Gasteiger charge is 2.35. The summed E-state index contributed by atoms with van der Waals surface area (Å²) in [6.07, 6.45) is 0. The third-order valence-electron chi connectivity index (χ3n) is 3.79. The Bertz CT molecular complexity index is 810. The van der Waals surface area contributed by atoms with Crippen LogP contribution in [0.5, 0.6) is 5.75 Å². The number of thioether (sulfide) groups is 1. The smallest absolute Gasteiger partial charge is 0.238 e. The van der Waals surface area contributed by atoms with Crippen LogP contribution < -0.4 is 15.0 Å². The molecule has 0 bridgehead atoms. The number of anilines is 2. The molecule has 1 N–H and O–H groups in total. The van der Waals surface area contributed by atoms with E-state index >= 15 is 0 Å². The van der Waals surface area contributed by atoms with Gasteiger partial charge in [-0.1, -0.05) is 15.9 Å². The van der Waals surface area contributed by atoms with Crippen molar-refractivity contribution in [2.24, 2.45) is 0 Å². The predicted octanol–water partition coefficient (Wildman–Crippen LogP) is 4.19. The normalized spacial score (nSPS) is 16.8. The monoisotopic (exact) mass is 420 g/mol. The third kappa shape index (κ3) is 3.82. The molecule has 7 heteroatoms. The van der Waals surface area contributed by atoms with E-state index in [9.17, 15) is 9.59 Å². The molecule has 1 heterocycles. The Balaban J connectivity index is 1.95. The van der Waals surface area contributed by atoms with Crippen LogP contribution in [0.3, 0.4) is 0 Å². The number of nitrogens with one attached hydrogen (secondary N) is 1.